The summed E-state index contributed by atoms with van der Waals surface area (Å²) in [7, 11) is 1.57. The molecule has 0 aliphatic rings. The highest BCUT2D eigenvalue weighted by Crippen LogP contribution is 2.32. The van der Waals surface area contributed by atoms with E-state index in [4.69, 9.17) is 14.6 Å². The van der Waals surface area contributed by atoms with Crippen LogP contribution in [-0.4, -0.2) is 25.4 Å². The Morgan fingerprint density at radius 3 is 2.68 bits per heavy atom. The number of hydrogen-bond acceptors (Lipinski definition) is 3. The molecular formula is C15H15FO3. The summed E-state index contributed by atoms with van der Waals surface area (Å²) in [6.07, 6.45) is 0. The van der Waals surface area contributed by atoms with Crippen molar-refractivity contribution in [3.8, 4) is 22.6 Å². The molecule has 0 heterocycles. The monoisotopic (exact) mass is 262 g/mol. The van der Waals surface area contributed by atoms with Crippen molar-refractivity contribution in [2.75, 3.05) is 20.3 Å². The van der Waals surface area contributed by atoms with Crippen LogP contribution in [0.4, 0.5) is 4.39 Å². The van der Waals surface area contributed by atoms with Crippen LogP contribution in [0.5, 0.6) is 11.5 Å². The Morgan fingerprint density at radius 1 is 1.16 bits per heavy atom. The molecule has 0 bridgehead atoms. The Kier molecular flexibility index (Phi) is 4.36. The van der Waals surface area contributed by atoms with E-state index in [1.807, 2.05) is 24.3 Å². The van der Waals surface area contributed by atoms with Gasteiger partial charge in [-0.3, -0.25) is 0 Å². The largest absolute Gasteiger partial charge is 0.496 e. The number of para-hydroxylation sites is 1. The molecule has 0 aliphatic carbocycles. The van der Waals surface area contributed by atoms with Crippen LogP contribution in [0.1, 0.15) is 0 Å². The summed E-state index contributed by atoms with van der Waals surface area (Å²) >= 11 is 0. The third-order valence-corrected chi connectivity index (χ3v) is 2.65. The zero-order chi connectivity index (χ0) is 13.7. The maximum Gasteiger partial charge on any atom is 0.127 e. The number of methoxy groups -OCH3 is 1. The van der Waals surface area contributed by atoms with Crippen molar-refractivity contribution in [1.82, 2.24) is 0 Å². The number of hydrogen-bond donors (Lipinski definition) is 1. The summed E-state index contributed by atoms with van der Waals surface area (Å²) in [5.41, 5.74) is 1.46. The molecule has 0 saturated carbocycles. The maximum atomic E-state index is 13.6. The van der Waals surface area contributed by atoms with Crippen molar-refractivity contribution in [1.29, 1.82) is 0 Å². The first-order valence-corrected chi connectivity index (χ1v) is 5.92. The van der Waals surface area contributed by atoms with Gasteiger partial charge < -0.3 is 14.6 Å². The highest BCUT2D eigenvalue weighted by Gasteiger charge is 2.08. The highest BCUT2D eigenvalue weighted by molar-refractivity contribution is 5.71. The van der Waals surface area contributed by atoms with Gasteiger partial charge in [-0.15, -0.1) is 0 Å². The van der Waals surface area contributed by atoms with Gasteiger partial charge in [-0.25, -0.2) is 4.39 Å². The van der Waals surface area contributed by atoms with E-state index in [2.05, 4.69) is 0 Å². The molecule has 3 nitrogen and oxygen atoms in total. The van der Waals surface area contributed by atoms with Crippen molar-refractivity contribution in [2.24, 2.45) is 0 Å². The second kappa shape index (κ2) is 6.20. The van der Waals surface area contributed by atoms with Gasteiger partial charge in [-0.05, 0) is 23.8 Å². The lowest BCUT2D eigenvalue weighted by Crippen LogP contribution is -2.02. The van der Waals surface area contributed by atoms with Gasteiger partial charge in [0.1, 0.15) is 23.9 Å². The van der Waals surface area contributed by atoms with E-state index in [1.165, 1.54) is 12.1 Å². The van der Waals surface area contributed by atoms with Crippen LogP contribution in [0.15, 0.2) is 42.5 Å². The molecule has 0 saturated heterocycles. The lowest BCUT2D eigenvalue weighted by molar-refractivity contribution is 0.201. The summed E-state index contributed by atoms with van der Waals surface area (Å²) in [4.78, 5) is 0. The topological polar surface area (TPSA) is 38.7 Å². The predicted octanol–water partition coefficient (Wildman–Crippen LogP) is 2.87. The van der Waals surface area contributed by atoms with Gasteiger partial charge in [0.15, 0.2) is 0 Å². The SMILES string of the molecule is COc1ccccc1-c1cc(F)cc(OCCO)c1. The van der Waals surface area contributed by atoms with Gasteiger partial charge in [-0.2, -0.15) is 0 Å². The third-order valence-electron chi connectivity index (χ3n) is 2.65. The molecule has 2 aromatic carbocycles. The molecule has 0 aliphatic heterocycles. The van der Waals surface area contributed by atoms with Gasteiger partial charge in [0.25, 0.3) is 0 Å². The molecule has 0 atom stereocenters. The predicted molar refractivity (Wildman–Crippen MR) is 71.0 cm³/mol. The number of ether oxygens (including phenoxy) is 2. The van der Waals surface area contributed by atoms with Gasteiger partial charge in [-0.1, -0.05) is 18.2 Å². The first-order chi connectivity index (χ1) is 9.24. The average molecular weight is 262 g/mol. The molecule has 2 rings (SSSR count). The average Bonchev–Trinajstić information content (AvgIpc) is 2.44. The van der Waals surface area contributed by atoms with Crippen LogP contribution < -0.4 is 9.47 Å². The maximum absolute atomic E-state index is 13.6. The van der Waals surface area contributed by atoms with Gasteiger partial charge in [0, 0.05) is 11.6 Å². The quantitative estimate of drug-likeness (QED) is 0.900. The Bertz CT molecular complexity index is 555. The lowest BCUT2D eigenvalue weighted by atomic mass is 10.0. The van der Waals surface area contributed by atoms with Crippen LogP contribution in [-0.2, 0) is 0 Å². The van der Waals surface area contributed by atoms with Gasteiger partial charge in [0.05, 0.1) is 13.7 Å². The molecule has 0 spiro atoms. The van der Waals surface area contributed by atoms with Crippen molar-refractivity contribution < 1.29 is 19.0 Å². The Labute approximate surface area is 111 Å². The fourth-order valence-corrected chi connectivity index (χ4v) is 1.85. The number of aliphatic hydroxyl groups is 1. The highest BCUT2D eigenvalue weighted by atomic mass is 19.1. The normalized spacial score (nSPS) is 10.3. The van der Waals surface area contributed by atoms with E-state index >= 15 is 0 Å². The van der Waals surface area contributed by atoms with E-state index in [0.29, 0.717) is 17.1 Å². The van der Waals surface area contributed by atoms with Crippen molar-refractivity contribution in [3.63, 3.8) is 0 Å². The first-order valence-electron chi connectivity index (χ1n) is 5.92. The molecule has 2 aromatic rings. The summed E-state index contributed by atoms with van der Waals surface area (Å²) < 4.78 is 24.1. The molecular weight excluding hydrogens is 247 g/mol. The zero-order valence-electron chi connectivity index (χ0n) is 10.6. The minimum Gasteiger partial charge on any atom is -0.496 e. The summed E-state index contributed by atoms with van der Waals surface area (Å²) in [6.45, 7) is 0.0231. The van der Waals surface area contributed by atoms with E-state index < -0.39 is 5.82 Å². The Morgan fingerprint density at radius 2 is 1.95 bits per heavy atom. The molecule has 0 unspecified atom stereocenters. The second-order valence-electron chi connectivity index (χ2n) is 3.95. The van der Waals surface area contributed by atoms with Gasteiger partial charge in [0.2, 0.25) is 0 Å². The van der Waals surface area contributed by atoms with Gasteiger partial charge >= 0.3 is 0 Å². The summed E-state index contributed by atoms with van der Waals surface area (Å²) in [5.74, 6) is 0.660. The zero-order valence-corrected chi connectivity index (χ0v) is 10.6. The summed E-state index contributed by atoms with van der Waals surface area (Å²) in [5, 5.41) is 8.73. The second-order valence-corrected chi connectivity index (χ2v) is 3.95. The fraction of sp³-hybridized carbons (Fsp3) is 0.200. The fourth-order valence-electron chi connectivity index (χ4n) is 1.85. The van der Waals surface area contributed by atoms with E-state index in [-0.39, 0.29) is 13.2 Å². The minimum atomic E-state index is -0.392. The van der Waals surface area contributed by atoms with Crippen LogP contribution >= 0.6 is 0 Å². The molecule has 0 fully saturated rings. The van der Waals surface area contributed by atoms with Crippen LogP contribution in [0.3, 0.4) is 0 Å². The standard InChI is InChI=1S/C15H15FO3/c1-18-15-5-3-2-4-14(15)11-8-12(16)10-13(9-11)19-7-6-17/h2-5,8-10,17H,6-7H2,1H3. The molecule has 0 aromatic heterocycles. The van der Waals surface area contributed by atoms with Crippen molar-refractivity contribution >= 4 is 0 Å². The smallest absolute Gasteiger partial charge is 0.127 e. The van der Waals surface area contributed by atoms with Crippen LogP contribution in [0.25, 0.3) is 11.1 Å². The molecule has 100 valence electrons. The van der Waals surface area contributed by atoms with Crippen molar-refractivity contribution in [2.45, 2.75) is 0 Å². The molecule has 0 radical (unpaired) electrons. The third kappa shape index (κ3) is 3.23. The number of halogens is 1. The van der Waals surface area contributed by atoms with Crippen LogP contribution in [0.2, 0.25) is 0 Å². The molecule has 4 heteroatoms. The van der Waals surface area contributed by atoms with E-state index in [0.717, 1.165) is 5.56 Å². The molecule has 1 N–H and O–H groups in total. The van der Waals surface area contributed by atoms with E-state index in [1.54, 1.807) is 13.2 Å². The van der Waals surface area contributed by atoms with Crippen LogP contribution in [0, 0.1) is 5.82 Å². The Balaban J connectivity index is 2.41. The molecule has 0 amide bonds. The lowest BCUT2D eigenvalue weighted by Gasteiger charge is -2.11. The number of aliphatic hydroxyl groups excluding tert-OH is 1. The van der Waals surface area contributed by atoms with Crippen molar-refractivity contribution in [3.05, 3.63) is 48.3 Å². The minimum absolute atomic E-state index is 0.111. The Hall–Kier alpha value is -2.07. The number of rotatable bonds is 5. The van der Waals surface area contributed by atoms with E-state index in [9.17, 15) is 4.39 Å². The first kappa shape index (κ1) is 13.4. The molecule has 19 heavy (non-hydrogen) atoms. The number of benzene rings is 2. The summed E-state index contributed by atoms with van der Waals surface area (Å²) in [6, 6.07) is 11.8.